The fourth-order valence-electron chi connectivity index (χ4n) is 2.15. The first-order chi connectivity index (χ1) is 12.7. The smallest absolute Gasteiger partial charge is 0.427 e. The van der Waals surface area contributed by atoms with Crippen molar-refractivity contribution in [2.45, 2.75) is 52.7 Å². The van der Waals surface area contributed by atoms with Gasteiger partial charge >= 0.3 is 18.2 Å². The molecule has 0 aliphatic heterocycles. The maximum absolute atomic E-state index is 12.7. The summed E-state index contributed by atoms with van der Waals surface area (Å²) in [4.78, 5) is 41.8. The van der Waals surface area contributed by atoms with Crippen LogP contribution in [0.25, 0.3) is 11.1 Å². The SMILES string of the molecule is CC(C)(C)OC(=O)N(C(=O)OC(C)(C)C)c1oc2cc(Br)cnc2c1C(=O)O. The molecule has 0 unspecified atom stereocenters. The van der Waals surface area contributed by atoms with Crippen molar-refractivity contribution >= 4 is 51.1 Å². The highest BCUT2D eigenvalue weighted by atomic mass is 79.9. The summed E-state index contributed by atoms with van der Waals surface area (Å²) in [5.74, 6) is -1.97. The summed E-state index contributed by atoms with van der Waals surface area (Å²) in [7, 11) is 0. The van der Waals surface area contributed by atoms with Crippen molar-refractivity contribution in [2.75, 3.05) is 4.90 Å². The van der Waals surface area contributed by atoms with Gasteiger partial charge in [0.1, 0.15) is 16.7 Å². The number of nitrogens with zero attached hydrogens (tertiary/aromatic N) is 2. The molecule has 1 N–H and O–H groups in total. The van der Waals surface area contributed by atoms with Gasteiger partial charge in [-0.05, 0) is 63.5 Å². The Balaban J connectivity index is 2.68. The second-order valence-corrected chi connectivity index (χ2v) is 8.80. The van der Waals surface area contributed by atoms with Crippen LogP contribution in [0.15, 0.2) is 21.2 Å². The number of anilines is 1. The number of imide groups is 1. The standard InChI is InChI=1S/C18H21BrN2O7/c1-17(2,3)27-15(24)21(16(25)28-18(4,5)6)13-11(14(22)23)12-10(26-13)7-9(19)8-20-12/h7-8H,1-6H3,(H,22,23). The van der Waals surface area contributed by atoms with Gasteiger partial charge in [0, 0.05) is 10.7 Å². The Morgan fingerprint density at radius 1 is 1.07 bits per heavy atom. The molecule has 0 saturated carbocycles. The molecule has 0 fully saturated rings. The zero-order chi connectivity index (χ0) is 21.4. The summed E-state index contributed by atoms with van der Waals surface area (Å²) in [5.41, 5.74) is -2.32. The molecule has 0 atom stereocenters. The predicted octanol–water partition coefficient (Wildman–Crippen LogP) is 4.97. The Morgan fingerprint density at radius 3 is 2.00 bits per heavy atom. The number of aromatic nitrogens is 1. The lowest BCUT2D eigenvalue weighted by atomic mass is 10.2. The lowest BCUT2D eigenvalue weighted by Gasteiger charge is -2.27. The number of halogens is 1. The number of hydrogen-bond donors (Lipinski definition) is 1. The Morgan fingerprint density at radius 2 is 1.57 bits per heavy atom. The summed E-state index contributed by atoms with van der Waals surface area (Å²) in [6.07, 6.45) is -0.899. The molecule has 0 radical (unpaired) electrons. The Bertz CT molecular complexity index is 910. The minimum absolute atomic E-state index is 0.0252. The Kier molecular flexibility index (Phi) is 5.74. The zero-order valence-electron chi connectivity index (χ0n) is 16.3. The highest BCUT2D eigenvalue weighted by Gasteiger charge is 2.39. The van der Waals surface area contributed by atoms with Gasteiger partial charge in [-0.25, -0.2) is 14.4 Å². The number of amides is 2. The van der Waals surface area contributed by atoms with Crippen LogP contribution in [0.3, 0.4) is 0 Å². The lowest BCUT2D eigenvalue weighted by Crippen LogP contribution is -2.44. The number of pyridine rings is 1. The van der Waals surface area contributed by atoms with E-state index in [2.05, 4.69) is 20.9 Å². The Labute approximate surface area is 169 Å². The highest BCUT2D eigenvalue weighted by molar-refractivity contribution is 9.10. The van der Waals surface area contributed by atoms with E-state index in [1.165, 1.54) is 12.3 Å². The van der Waals surface area contributed by atoms with E-state index in [9.17, 15) is 19.5 Å². The molecule has 0 aromatic carbocycles. The molecule has 9 nitrogen and oxygen atoms in total. The van der Waals surface area contributed by atoms with E-state index in [4.69, 9.17) is 13.9 Å². The molecule has 10 heteroatoms. The topological polar surface area (TPSA) is 119 Å². The third kappa shape index (κ3) is 5.00. The van der Waals surface area contributed by atoms with Crippen molar-refractivity contribution in [1.29, 1.82) is 0 Å². The van der Waals surface area contributed by atoms with Crippen molar-refractivity contribution in [3.05, 3.63) is 22.3 Å². The molecule has 2 heterocycles. The van der Waals surface area contributed by atoms with Gasteiger partial charge in [0.2, 0.25) is 5.88 Å². The van der Waals surface area contributed by atoms with E-state index in [1.807, 2.05) is 0 Å². The van der Waals surface area contributed by atoms with Crippen LogP contribution in [-0.4, -0.2) is 39.4 Å². The van der Waals surface area contributed by atoms with E-state index in [1.54, 1.807) is 41.5 Å². The largest absolute Gasteiger partial charge is 0.477 e. The molecule has 0 aliphatic carbocycles. The summed E-state index contributed by atoms with van der Waals surface area (Å²) in [6.45, 7) is 9.63. The van der Waals surface area contributed by atoms with Crippen molar-refractivity contribution in [2.24, 2.45) is 0 Å². The summed E-state index contributed by atoms with van der Waals surface area (Å²) in [5, 5.41) is 9.66. The number of carboxylic acids is 1. The van der Waals surface area contributed by atoms with E-state index in [-0.39, 0.29) is 11.1 Å². The monoisotopic (exact) mass is 456 g/mol. The molecule has 0 aliphatic rings. The van der Waals surface area contributed by atoms with Gasteiger partial charge in [0.25, 0.3) is 0 Å². The number of carboxylic acid groups (broad SMARTS) is 1. The first-order valence-electron chi connectivity index (χ1n) is 8.27. The average molecular weight is 457 g/mol. The normalized spacial score (nSPS) is 12.0. The van der Waals surface area contributed by atoms with E-state index >= 15 is 0 Å². The zero-order valence-corrected chi connectivity index (χ0v) is 17.9. The van der Waals surface area contributed by atoms with Crippen LogP contribution in [-0.2, 0) is 9.47 Å². The first-order valence-corrected chi connectivity index (χ1v) is 9.06. The van der Waals surface area contributed by atoms with Crippen LogP contribution in [0.1, 0.15) is 51.9 Å². The molecule has 0 saturated heterocycles. The van der Waals surface area contributed by atoms with Crippen LogP contribution >= 0.6 is 15.9 Å². The van der Waals surface area contributed by atoms with E-state index in [0.29, 0.717) is 9.37 Å². The van der Waals surface area contributed by atoms with Crippen LogP contribution < -0.4 is 4.90 Å². The third-order valence-corrected chi connectivity index (χ3v) is 3.48. The quantitative estimate of drug-likeness (QED) is 0.672. The molecular weight excluding hydrogens is 436 g/mol. The predicted molar refractivity (Wildman–Crippen MR) is 104 cm³/mol. The number of ether oxygens (including phenoxy) is 2. The number of aromatic carboxylic acids is 1. The summed E-state index contributed by atoms with van der Waals surface area (Å²) >= 11 is 3.21. The number of carbonyl (C=O) groups excluding carboxylic acids is 2. The van der Waals surface area contributed by atoms with Crippen LogP contribution in [0.4, 0.5) is 15.5 Å². The van der Waals surface area contributed by atoms with Crippen molar-refractivity contribution < 1.29 is 33.4 Å². The maximum atomic E-state index is 12.7. The molecule has 2 rings (SSSR count). The van der Waals surface area contributed by atoms with Crippen LogP contribution in [0.5, 0.6) is 0 Å². The van der Waals surface area contributed by atoms with Gasteiger partial charge in [-0.2, -0.15) is 0 Å². The molecule has 2 amide bonds. The molecule has 28 heavy (non-hydrogen) atoms. The molecular formula is C18H21BrN2O7. The minimum atomic E-state index is -1.43. The van der Waals surface area contributed by atoms with Crippen molar-refractivity contribution in [1.82, 2.24) is 4.98 Å². The van der Waals surface area contributed by atoms with E-state index < -0.39 is 40.8 Å². The van der Waals surface area contributed by atoms with Crippen LogP contribution in [0.2, 0.25) is 0 Å². The third-order valence-electron chi connectivity index (χ3n) is 3.05. The average Bonchev–Trinajstić information content (AvgIpc) is 2.81. The maximum Gasteiger partial charge on any atom is 0.427 e. The molecule has 0 bridgehead atoms. The minimum Gasteiger partial charge on any atom is -0.477 e. The second kappa shape index (κ2) is 7.42. The molecule has 0 spiro atoms. The molecule has 2 aromatic heterocycles. The first kappa shape index (κ1) is 21.7. The number of fused-ring (bicyclic) bond motifs is 1. The van der Waals surface area contributed by atoms with E-state index in [0.717, 1.165) is 0 Å². The summed E-state index contributed by atoms with van der Waals surface area (Å²) < 4.78 is 16.5. The highest BCUT2D eigenvalue weighted by Crippen LogP contribution is 2.34. The molecule has 2 aromatic rings. The van der Waals surface area contributed by atoms with Crippen LogP contribution in [0, 0.1) is 0 Å². The fourth-order valence-corrected chi connectivity index (χ4v) is 2.46. The summed E-state index contributed by atoms with van der Waals surface area (Å²) in [6, 6.07) is 1.47. The number of hydrogen-bond acceptors (Lipinski definition) is 7. The van der Waals surface area contributed by atoms with Gasteiger partial charge in [-0.1, -0.05) is 0 Å². The number of rotatable bonds is 2. The van der Waals surface area contributed by atoms with Gasteiger partial charge in [0.15, 0.2) is 11.1 Å². The van der Waals surface area contributed by atoms with Gasteiger partial charge in [-0.15, -0.1) is 4.90 Å². The van der Waals surface area contributed by atoms with Gasteiger partial charge in [0.05, 0.1) is 0 Å². The Hall–Kier alpha value is -2.62. The number of furan rings is 1. The number of carbonyl (C=O) groups is 3. The lowest BCUT2D eigenvalue weighted by molar-refractivity contribution is 0.0422. The van der Waals surface area contributed by atoms with Crippen molar-refractivity contribution in [3.63, 3.8) is 0 Å². The van der Waals surface area contributed by atoms with Gasteiger partial charge in [-0.3, -0.25) is 4.98 Å². The van der Waals surface area contributed by atoms with Gasteiger partial charge < -0.3 is 19.0 Å². The molecule has 152 valence electrons. The van der Waals surface area contributed by atoms with Crippen molar-refractivity contribution in [3.8, 4) is 0 Å². The fraction of sp³-hybridized carbons (Fsp3) is 0.444. The second-order valence-electron chi connectivity index (χ2n) is 7.88.